The van der Waals surface area contributed by atoms with Gasteiger partial charge < -0.3 is 15.2 Å². The number of carbonyl (C=O) groups is 1. The number of hydrogen-bond donors (Lipinski definition) is 3. The molecule has 0 saturated carbocycles. The van der Waals surface area contributed by atoms with Gasteiger partial charge in [-0.2, -0.15) is 0 Å². The number of halogens is 2. The minimum Gasteiger partial charge on any atom is -0.394 e. The third-order valence-corrected chi connectivity index (χ3v) is 6.58. The maximum Gasteiger partial charge on any atom is 0.240 e. The number of nitrogens with one attached hydrogen (secondary N) is 2. The van der Waals surface area contributed by atoms with Crippen LogP contribution in [-0.2, 0) is 26.1 Å². The number of benzene rings is 2. The van der Waals surface area contributed by atoms with Crippen LogP contribution in [0.15, 0.2) is 53.4 Å². The summed E-state index contributed by atoms with van der Waals surface area (Å²) < 4.78 is 59.9. The quantitative estimate of drug-likeness (QED) is 0.565. The number of aliphatic hydroxyl groups excluding tert-OH is 1. The molecular weight excluding hydrogens is 430 g/mol. The molecule has 31 heavy (non-hydrogen) atoms. The topological polar surface area (TPSA) is 105 Å². The summed E-state index contributed by atoms with van der Waals surface area (Å²) in [4.78, 5) is 12.1. The van der Waals surface area contributed by atoms with E-state index >= 15 is 0 Å². The minimum atomic E-state index is -3.93. The molecule has 10 heteroatoms. The molecule has 7 nitrogen and oxygen atoms in total. The third-order valence-electron chi connectivity index (χ3n) is 5.07. The van der Waals surface area contributed by atoms with Gasteiger partial charge in [-0.05, 0) is 43.2 Å². The van der Waals surface area contributed by atoms with Crippen molar-refractivity contribution in [3.63, 3.8) is 0 Å². The first-order valence-electron chi connectivity index (χ1n) is 9.83. The van der Waals surface area contributed by atoms with E-state index in [1.165, 1.54) is 6.07 Å². The summed E-state index contributed by atoms with van der Waals surface area (Å²) >= 11 is 0. The Bertz CT molecular complexity index is 1000. The van der Waals surface area contributed by atoms with E-state index in [1.54, 1.807) is 18.2 Å². The van der Waals surface area contributed by atoms with E-state index in [0.29, 0.717) is 18.4 Å². The van der Waals surface area contributed by atoms with Crippen LogP contribution in [-0.4, -0.2) is 44.3 Å². The lowest BCUT2D eigenvalue weighted by atomic mass is 9.98. The SMILES string of the molecule is O=C(C[C@H]1CC[C@H](NS(=O)(=O)c2ccc(F)cc2)[C@H](CO)O1)NCc1ccccc1F. The standard InChI is InChI=1S/C21H24F2N2O5S/c22-15-5-8-17(9-6-15)31(28,29)25-19-10-7-16(30-20(19)13-26)11-21(27)24-12-14-3-1-2-4-18(14)23/h1-6,8-9,16,19-20,25-26H,7,10-13H2,(H,24,27)/t16-,19+,20+/m1/s1. The molecule has 1 amide bonds. The zero-order valence-corrected chi connectivity index (χ0v) is 17.4. The molecule has 2 aromatic rings. The number of rotatable bonds is 8. The molecule has 1 heterocycles. The second kappa shape index (κ2) is 10.3. The molecule has 3 N–H and O–H groups in total. The molecule has 1 fully saturated rings. The van der Waals surface area contributed by atoms with Gasteiger partial charge in [0.15, 0.2) is 0 Å². The number of hydrogen-bond acceptors (Lipinski definition) is 5. The number of aliphatic hydroxyl groups is 1. The van der Waals surface area contributed by atoms with Crippen molar-refractivity contribution in [2.75, 3.05) is 6.61 Å². The molecule has 0 unspecified atom stereocenters. The molecule has 3 atom stereocenters. The lowest BCUT2D eigenvalue weighted by Gasteiger charge is -2.35. The van der Waals surface area contributed by atoms with Crippen molar-refractivity contribution >= 4 is 15.9 Å². The lowest BCUT2D eigenvalue weighted by Crippen LogP contribution is -2.51. The van der Waals surface area contributed by atoms with Crippen molar-refractivity contribution in [3.05, 3.63) is 65.7 Å². The highest BCUT2D eigenvalue weighted by Gasteiger charge is 2.34. The van der Waals surface area contributed by atoms with E-state index in [0.717, 1.165) is 24.3 Å². The van der Waals surface area contributed by atoms with Crippen molar-refractivity contribution < 1.29 is 31.8 Å². The van der Waals surface area contributed by atoms with Gasteiger partial charge in [0.2, 0.25) is 15.9 Å². The van der Waals surface area contributed by atoms with Gasteiger partial charge in [-0.3, -0.25) is 4.79 Å². The van der Waals surface area contributed by atoms with E-state index < -0.39 is 46.5 Å². The fourth-order valence-corrected chi connectivity index (χ4v) is 4.71. The predicted molar refractivity (Wildman–Crippen MR) is 108 cm³/mol. The van der Waals surface area contributed by atoms with Crippen LogP contribution in [0.5, 0.6) is 0 Å². The van der Waals surface area contributed by atoms with E-state index in [1.807, 2.05) is 0 Å². The fraction of sp³-hybridized carbons (Fsp3) is 0.381. The maximum atomic E-state index is 13.6. The molecule has 168 valence electrons. The van der Waals surface area contributed by atoms with Crippen molar-refractivity contribution in [2.24, 2.45) is 0 Å². The molecule has 0 aromatic heterocycles. The van der Waals surface area contributed by atoms with Crippen LogP contribution in [0, 0.1) is 11.6 Å². The van der Waals surface area contributed by atoms with Crippen molar-refractivity contribution in [1.82, 2.24) is 10.0 Å². The van der Waals surface area contributed by atoms with Gasteiger partial charge >= 0.3 is 0 Å². The van der Waals surface area contributed by atoms with E-state index in [9.17, 15) is 27.1 Å². The summed E-state index contributed by atoms with van der Waals surface area (Å²) in [5, 5.41) is 12.3. The first-order chi connectivity index (χ1) is 14.8. The second-order valence-electron chi connectivity index (χ2n) is 7.31. The van der Waals surface area contributed by atoms with Crippen LogP contribution in [0.4, 0.5) is 8.78 Å². The number of amides is 1. The monoisotopic (exact) mass is 454 g/mol. The van der Waals surface area contributed by atoms with Gasteiger partial charge in [0.1, 0.15) is 11.6 Å². The van der Waals surface area contributed by atoms with Crippen LogP contribution < -0.4 is 10.0 Å². The Morgan fingerprint density at radius 1 is 1.10 bits per heavy atom. The highest BCUT2D eigenvalue weighted by atomic mass is 32.2. The number of carbonyl (C=O) groups excluding carboxylic acids is 1. The summed E-state index contributed by atoms with van der Waals surface area (Å²) in [7, 11) is -3.93. The van der Waals surface area contributed by atoms with Gasteiger partial charge in [-0.25, -0.2) is 21.9 Å². The molecule has 1 aliphatic heterocycles. The molecule has 0 spiro atoms. The zero-order chi connectivity index (χ0) is 22.4. The largest absolute Gasteiger partial charge is 0.394 e. The normalized spacial score (nSPS) is 21.6. The van der Waals surface area contributed by atoms with E-state index in [2.05, 4.69) is 10.0 Å². The van der Waals surface area contributed by atoms with Crippen LogP contribution in [0.2, 0.25) is 0 Å². The minimum absolute atomic E-state index is 0.00237. The molecule has 1 saturated heterocycles. The Labute approximate surface area is 179 Å². The number of ether oxygens (including phenoxy) is 1. The third kappa shape index (κ3) is 6.30. The average Bonchev–Trinajstić information content (AvgIpc) is 2.74. The van der Waals surface area contributed by atoms with Gasteiger partial charge in [0, 0.05) is 12.1 Å². The Hall–Kier alpha value is -2.40. The molecule has 1 aliphatic rings. The van der Waals surface area contributed by atoms with E-state index in [-0.39, 0.29) is 23.8 Å². The molecular formula is C21H24F2N2O5S. The van der Waals surface area contributed by atoms with Gasteiger partial charge in [-0.1, -0.05) is 18.2 Å². The second-order valence-corrected chi connectivity index (χ2v) is 9.02. The van der Waals surface area contributed by atoms with Crippen LogP contribution in [0.25, 0.3) is 0 Å². The van der Waals surface area contributed by atoms with Crippen molar-refractivity contribution in [1.29, 1.82) is 0 Å². The highest BCUT2D eigenvalue weighted by Crippen LogP contribution is 2.24. The Morgan fingerprint density at radius 3 is 2.48 bits per heavy atom. The smallest absolute Gasteiger partial charge is 0.240 e. The van der Waals surface area contributed by atoms with Crippen LogP contribution in [0.1, 0.15) is 24.8 Å². The van der Waals surface area contributed by atoms with Crippen molar-refractivity contribution in [3.8, 4) is 0 Å². The Kier molecular flexibility index (Phi) is 7.71. The number of sulfonamides is 1. The summed E-state index contributed by atoms with van der Waals surface area (Å²) in [6.07, 6.45) is -0.614. The predicted octanol–water partition coefficient (Wildman–Crippen LogP) is 1.86. The molecule has 0 aliphatic carbocycles. The summed E-state index contributed by atoms with van der Waals surface area (Å²) in [6.45, 7) is -0.397. The Balaban J connectivity index is 1.53. The van der Waals surface area contributed by atoms with Crippen LogP contribution in [0.3, 0.4) is 0 Å². The summed E-state index contributed by atoms with van der Waals surface area (Å²) in [5.41, 5.74) is 0.365. The van der Waals surface area contributed by atoms with Crippen LogP contribution >= 0.6 is 0 Å². The highest BCUT2D eigenvalue weighted by molar-refractivity contribution is 7.89. The first-order valence-corrected chi connectivity index (χ1v) is 11.3. The molecule has 0 bridgehead atoms. The molecule has 0 radical (unpaired) electrons. The first kappa shape index (κ1) is 23.3. The van der Waals surface area contributed by atoms with Gasteiger partial charge in [0.25, 0.3) is 0 Å². The zero-order valence-electron chi connectivity index (χ0n) is 16.6. The molecule has 2 aromatic carbocycles. The fourth-order valence-electron chi connectivity index (χ4n) is 3.41. The van der Waals surface area contributed by atoms with E-state index in [4.69, 9.17) is 4.74 Å². The Morgan fingerprint density at radius 2 is 1.81 bits per heavy atom. The van der Waals surface area contributed by atoms with Gasteiger partial charge in [0.05, 0.1) is 36.2 Å². The summed E-state index contributed by atoms with van der Waals surface area (Å²) in [6, 6.07) is 9.82. The lowest BCUT2D eigenvalue weighted by molar-refractivity contribution is -0.130. The summed E-state index contributed by atoms with van der Waals surface area (Å²) in [5.74, 6) is -1.30. The average molecular weight is 454 g/mol. The van der Waals surface area contributed by atoms with Gasteiger partial charge in [-0.15, -0.1) is 0 Å². The molecule has 3 rings (SSSR count). The maximum absolute atomic E-state index is 13.6. The van der Waals surface area contributed by atoms with Crippen molar-refractivity contribution in [2.45, 2.75) is 49.0 Å².